The molecule has 0 aromatic heterocycles. The van der Waals surface area contributed by atoms with Gasteiger partial charge in [-0.25, -0.2) is 0 Å². The smallest absolute Gasteiger partial charge is 0.310 e. The van der Waals surface area contributed by atoms with Crippen molar-refractivity contribution in [2.24, 2.45) is 5.41 Å². The van der Waals surface area contributed by atoms with Crippen molar-refractivity contribution in [3.63, 3.8) is 0 Å². The average Bonchev–Trinajstić information content (AvgIpc) is 2.52. The molecule has 0 unspecified atom stereocenters. The highest BCUT2D eigenvalue weighted by molar-refractivity contribution is 5.96. The van der Waals surface area contributed by atoms with E-state index in [4.69, 9.17) is 0 Å². The zero-order valence-corrected chi connectivity index (χ0v) is 13.4. The van der Waals surface area contributed by atoms with E-state index in [1.165, 1.54) is 0 Å². The first kappa shape index (κ1) is 17.0. The SMILES string of the molecule is CCC(CC)(CC(=O)Nc1ccc2c(c1)CCC(=O)N2)C(=O)O. The molecule has 0 spiro atoms. The molecule has 6 nitrogen and oxygen atoms in total. The number of aryl methyl sites for hydroxylation is 1. The van der Waals surface area contributed by atoms with Gasteiger partial charge in [-0.1, -0.05) is 13.8 Å². The number of rotatable bonds is 6. The highest BCUT2D eigenvalue weighted by Crippen LogP contribution is 2.32. The van der Waals surface area contributed by atoms with Crippen LogP contribution in [0.15, 0.2) is 18.2 Å². The summed E-state index contributed by atoms with van der Waals surface area (Å²) < 4.78 is 0. The number of hydrogen-bond donors (Lipinski definition) is 3. The number of aliphatic carboxylic acids is 1. The number of benzene rings is 1. The molecule has 124 valence electrons. The van der Waals surface area contributed by atoms with Crippen LogP contribution in [0.2, 0.25) is 0 Å². The Balaban J connectivity index is 2.09. The highest BCUT2D eigenvalue weighted by atomic mass is 16.4. The Morgan fingerprint density at radius 1 is 1.26 bits per heavy atom. The van der Waals surface area contributed by atoms with E-state index in [1.54, 1.807) is 26.0 Å². The van der Waals surface area contributed by atoms with Gasteiger partial charge in [0.2, 0.25) is 11.8 Å². The molecule has 23 heavy (non-hydrogen) atoms. The van der Waals surface area contributed by atoms with E-state index >= 15 is 0 Å². The van der Waals surface area contributed by atoms with Gasteiger partial charge < -0.3 is 15.7 Å². The molecule has 1 heterocycles. The molecular weight excluding hydrogens is 296 g/mol. The minimum Gasteiger partial charge on any atom is -0.481 e. The van der Waals surface area contributed by atoms with Crippen molar-refractivity contribution in [3.05, 3.63) is 23.8 Å². The van der Waals surface area contributed by atoms with Gasteiger partial charge in [0.05, 0.1) is 5.41 Å². The van der Waals surface area contributed by atoms with Gasteiger partial charge in [-0.05, 0) is 43.0 Å². The summed E-state index contributed by atoms with van der Waals surface area (Å²) in [5.41, 5.74) is 1.34. The second-order valence-electron chi connectivity index (χ2n) is 5.94. The van der Waals surface area contributed by atoms with Gasteiger partial charge in [-0.3, -0.25) is 14.4 Å². The van der Waals surface area contributed by atoms with Gasteiger partial charge in [0.15, 0.2) is 0 Å². The predicted octanol–water partition coefficient (Wildman–Crippen LogP) is 2.79. The van der Waals surface area contributed by atoms with Gasteiger partial charge in [0.1, 0.15) is 0 Å². The normalized spacial score (nSPS) is 13.9. The number of fused-ring (bicyclic) bond motifs is 1. The van der Waals surface area contributed by atoms with Gasteiger partial charge in [-0.2, -0.15) is 0 Å². The monoisotopic (exact) mass is 318 g/mol. The van der Waals surface area contributed by atoms with Crippen LogP contribution in [0.4, 0.5) is 11.4 Å². The summed E-state index contributed by atoms with van der Waals surface area (Å²) in [5.74, 6) is -1.26. The first-order valence-electron chi connectivity index (χ1n) is 7.86. The number of amides is 2. The van der Waals surface area contributed by atoms with Crippen LogP contribution in [0, 0.1) is 5.41 Å². The number of nitrogens with one attached hydrogen (secondary N) is 2. The standard InChI is InChI=1S/C17H22N2O4/c1-3-17(4-2,16(22)23)10-15(21)18-12-6-7-13-11(9-12)5-8-14(20)19-13/h6-7,9H,3-5,8,10H2,1-2H3,(H,18,21)(H,19,20)(H,22,23). The Hall–Kier alpha value is -2.37. The largest absolute Gasteiger partial charge is 0.481 e. The third-order valence-electron chi connectivity index (χ3n) is 4.59. The maximum Gasteiger partial charge on any atom is 0.310 e. The van der Waals surface area contributed by atoms with Crippen molar-refractivity contribution in [2.75, 3.05) is 10.6 Å². The van der Waals surface area contributed by atoms with E-state index in [1.807, 2.05) is 6.07 Å². The Bertz CT molecular complexity index is 635. The quantitative estimate of drug-likeness (QED) is 0.751. The van der Waals surface area contributed by atoms with Crippen LogP contribution in [0.3, 0.4) is 0 Å². The van der Waals surface area contributed by atoms with E-state index in [2.05, 4.69) is 10.6 Å². The first-order chi connectivity index (χ1) is 10.9. The van der Waals surface area contributed by atoms with Crippen molar-refractivity contribution in [1.82, 2.24) is 0 Å². The topological polar surface area (TPSA) is 95.5 Å². The minimum absolute atomic E-state index is 0.00795. The summed E-state index contributed by atoms with van der Waals surface area (Å²) >= 11 is 0. The summed E-state index contributed by atoms with van der Waals surface area (Å²) in [7, 11) is 0. The lowest BCUT2D eigenvalue weighted by molar-refractivity contribution is -0.151. The zero-order valence-electron chi connectivity index (χ0n) is 13.4. The molecule has 3 N–H and O–H groups in total. The van der Waals surface area contributed by atoms with Crippen LogP contribution in [-0.4, -0.2) is 22.9 Å². The summed E-state index contributed by atoms with van der Waals surface area (Å²) in [5, 5.41) is 15.0. The fraction of sp³-hybridized carbons (Fsp3) is 0.471. The third kappa shape index (κ3) is 3.70. The minimum atomic E-state index is -1.02. The fourth-order valence-electron chi connectivity index (χ4n) is 2.85. The van der Waals surface area contributed by atoms with Crippen LogP contribution >= 0.6 is 0 Å². The number of carboxylic acid groups (broad SMARTS) is 1. The van der Waals surface area contributed by atoms with Crippen molar-refractivity contribution in [3.8, 4) is 0 Å². The zero-order chi connectivity index (χ0) is 17.0. The summed E-state index contributed by atoms with van der Waals surface area (Å²) in [6.45, 7) is 3.57. The molecular formula is C17H22N2O4. The number of hydrogen-bond acceptors (Lipinski definition) is 3. The highest BCUT2D eigenvalue weighted by Gasteiger charge is 2.37. The van der Waals surface area contributed by atoms with Crippen LogP contribution < -0.4 is 10.6 Å². The van der Waals surface area contributed by atoms with Gasteiger partial charge in [-0.15, -0.1) is 0 Å². The second-order valence-corrected chi connectivity index (χ2v) is 5.94. The second kappa shape index (κ2) is 6.81. The van der Waals surface area contributed by atoms with Crippen molar-refractivity contribution < 1.29 is 19.5 Å². The summed E-state index contributed by atoms with van der Waals surface area (Å²) in [6.07, 6.45) is 1.82. The molecule has 0 saturated carbocycles. The number of carbonyl (C=O) groups excluding carboxylic acids is 2. The predicted molar refractivity (Wildman–Crippen MR) is 87.3 cm³/mol. The molecule has 0 bridgehead atoms. The molecule has 0 saturated heterocycles. The Kier molecular flexibility index (Phi) is 5.03. The van der Waals surface area contributed by atoms with E-state index < -0.39 is 11.4 Å². The van der Waals surface area contributed by atoms with Crippen molar-refractivity contribution in [2.45, 2.75) is 46.0 Å². The summed E-state index contributed by atoms with van der Waals surface area (Å²) in [6, 6.07) is 5.29. The van der Waals surface area contributed by atoms with Crippen molar-refractivity contribution in [1.29, 1.82) is 0 Å². The van der Waals surface area contributed by atoms with Crippen molar-refractivity contribution >= 4 is 29.2 Å². The molecule has 0 fully saturated rings. The number of carbonyl (C=O) groups is 3. The Morgan fingerprint density at radius 3 is 2.57 bits per heavy atom. The lowest BCUT2D eigenvalue weighted by Crippen LogP contribution is -2.34. The molecule has 6 heteroatoms. The van der Waals surface area contributed by atoms with E-state index in [0.717, 1.165) is 11.3 Å². The summed E-state index contributed by atoms with van der Waals surface area (Å²) in [4.78, 5) is 35.0. The molecule has 0 aliphatic carbocycles. The number of anilines is 2. The van der Waals surface area contributed by atoms with Gasteiger partial charge in [0, 0.05) is 24.2 Å². The molecule has 1 aromatic rings. The van der Waals surface area contributed by atoms with Crippen LogP contribution in [-0.2, 0) is 20.8 Å². The van der Waals surface area contributed by atoms with E-state index in [-0.39, 0.29) is 18.2 Å². The lowest BCUT2D eigenvalue weighted by atomic mass is 9.79. The van der Waals surface area contributed by atoms with Gasteiger partial charge in [0.25, 0.3) is 0 Å². The van der Waals surface area contributed by atoms with Crippen LogP contribution in [0.5, 0.6) is 0 Å². The third-order valence-corrected chi connectivity index (χ3v) is 4.59. The van der Waals surface area contributed by atoms with E-state index in [9.17, 15) is 19.5 Å². The fourth-order valence-corrected chi connectivity index (χ4v) is 2.85. The lowest BCUT2D eigenvalue weighted by Gasteiger charge is -2.26. The molecule has 1 aliphatic rings. The first-order valence-corrected chi connectivity index (χ1v) is 7.86. The molecule has 2 amide bonds. The Labute approximate surface area is 135 Å². The van der Waals surface area contributed by atoms with Gasteiger partial charge >= 0.3 is 5.97 Å². The molecule has 1 aliphatic heterocycles. The molecule has 1 aromatic carbocycles. The molecule has 2 rings (SSSR count). The Morgan fingerprint density at radius 2 is 1.96 bits per heavy atom. The molecule has 0 radical (unpaired) electrons. The van der Waals surface area contributed by atoms with E-state index in [0.29, 0.717) is 31.4 Å². The number of carboxylic acids is 1. The molecule has 0 atom stereocenters. The maximum atomic E-state index is 12.2. The van der Waals surface area contributed by atoms with Crippen LogP contribution in [0.1, 0.15) is 45.1 Å². The average molecular weight is 318 g/mol. The van der Waals surface area contributed by atoms with Crippen LogP contribution in [0.25, 0.3) is 0 Å². The maximum absolute atomic E-state index is 12.2.